The number of aliphatic hydroxyl groups is 1. The number of imide groups is 1. The lowest BCUT2D eigenvalue weighted by Crippen LogP contribution is -2.43. The Labute approximate surface area is 100 Å². The van der Waals surface area contributed by atoms with E-state index in [1.54, 1.807) is 0 Å². The Morgan fingerprint density at radius 1 is 1.29 bits per heavy atom. The minimum absolute atomic E-state index is 0.0576. The molecule has 2 aliphatic carbocycles. The Morgan fingerprint density at radius 2 is 1.82 bits per heavy atom. The van der Waals surface area contributed by atoms with Crippen LogP contribution in [0.15, 0.2) is 12.2 Å². The van der Waals surface area contributed by atoms with E-state index in [1.807, 2.05) is 6.92 Å². The van der Waals surface area contributed by atoms with Gasteiger partial charge in [-0.1, -0.05) is 19.1 Å². The summed E-state index contributed by atoms with van der Waals surface area (Å²) in [5.74, 6) is 0.108. The van der Waals surface area contributed by atoms with Crippen molar-refractivity contribution in [1.82, 2.24) is 4.90 Å². The van der Waals surface area contributed by atoms with Gasteiger partial charge >= 0.3 is 0 Å². The number of carbonyl (C=O) groups is 2. The van der Waals surface area contributed by atoms with Crippen LogP contribution in [-0.2, 0) is 9.59 Å². The molecule has 17 heavy (non-hydrogen) atoms. The molecule has 2 fully saturated rings. The van der Waals surface area contributed by atoms with Crippen molar-refractivity contribution in [1.29, 1.82) is 0 Å². The molecule has 3 aliphatic rings. The van der Waals surface area contributed by atoms with Crippen molar-refractivity contribution in [3.8, 4) is 0 Å². The van der Waals surface area contributed by atoms with Crippen LogP contribution in [0.3, 0.4) is 0 Å². The number of nitrogens with zero attached hydrogens (tertiary/aromatic N) is 1. The van der Waals surface area contributed by atoms with Gasteiger partial charge in [-0.25, -0.2) is 0 Å². The third-order valence-corrected chi connectivity index (χ3v) is 4.55. The van der Waals surface area contributed by atoms with Crippen LogP contribution in [0.25, 0.3) is 0 Å². The van der Waals surface area contributed by atoms with Crippen LogP contribution < -0.4 is 0 Å². The molecule has 2 bridgehead atoms. The highest BCUT2D eigenvalue weighted by atomic mass is 16.3. The van der Waals surface area contributed by atoms with Gasteiger partial charge in [-0.3, -0.25) is 14.5 Å². The smallest absolute Gasteiger partial charge is 0.234 e. The maximum atomic E-state index is 12.3. The first-order chi connectivity index (χ1) is 8.19. The van der Waals surface area contributed by atoms with Crippen molar-refractivity contribution >= 4 is 11.8 Å². The maximum Gasteiger partial charge on any atom is 0.234 e. The standard InChI is InChI=1S/C13H17NO3/c1-2-9(6-15)14-12(16)10-7-3-4-8(5-7)11(10)13(14)17/h3-4,7-11,15H,2,5-6H2,1H3/t7-,8+,9-,10?,11?/m0/s1. The minimum atomic E-state index is -0.333. The van der Waals surface area contributed by atoms with Gasteiger partial charge in [0.1, 0.15) is 0 Å². The van der Waals surface area contributed by atoms with E-state index in [2.05, 4.69) is 12.2 Å². The Hall–Kier alpha value is -1.16. The zero-order chi connectivity index (χ0) is 12.2. The number of allylic oxidation sites excluding steroid dienone is 2. The lowest BCUT2D eigenvalue weighted by Gasteiger charge is -2.25. The van der Waals surface area contributed by atoms with Crippen LogP contribution in [0.4, 0.5) is 0 Å². The molecule has 92 valence electrons. The van der Waals surface area contributed by atoms with Gasteiger partial charge in [-0.2, -0.15) is 0 Å². The molecule has 4 nitrogen and oxygen atoms in total. The largest absolute Gasteiger partial charge is 0.394 e. The topological polar surface area (TPSA) is 57.6 Å². The fraction of sp³-hybridized carbons (Fsp3) is 0.692. The van der Waals surface area contributed by atoms with E-state index in [0.717, 1.165) is 6.42 Å². The molecule has 0 aromatic rings. The molecule has 1 saturated carbocycles. The van der Waals surface area contributed by atoms with Gasteiger partial charge in [0.15, 0.2) is 0 Å². The quantitative estimate of drug-likeness (QED) is 0.574. The van der Waals surface area contributed by atoms with Crippen LogP contribution in [-0.4, -0.2) is 34.5 Å². The SMILES string of the molecule is CC[C@@H](CO)N1C(=O)C2C(C1=O)[C@H]1C=C[C@@H]2C1. The second-order valence-electron chi connectivity index (χ2n) is 5.29. The molecule has 2 unspecified atom stereocenters. The summed E-state index contributed by atoms with van der Waals surface area (Å²) in [5.41, 5.74) is 0. The molecule has 1 aliphatic heterocycles. The number of likely N-dealkylation sites (tertiary alicyclic amines) is 1. The Kier molecular flexibility index (Phi) is 2.36. The Morgan fingerprint density at radius 3 is 2.24 bits per heavy atom. The molecule has 1 N–H and O–H groups in total. The van der Waals surface area contributed by atoms with Gasteiger partial charge in [-0.15, -0.1) is 0 Å². The van der Waals surface area contributed by atoms with Crippen molar-refractivity contribution in [3.63, 3.8) is 0 Å². The van der Waals surface area contributed by atoms with E-state index in [4.69, 9.17) is 0 Å². The monoisotopic (exact) mass is 235 g/mol. The van der Waals surface area contributed by atoms with Gasteiger partial charge in [-0.05, 0) is 24.7 Å². The van der Waals surface area contributed by atoms with Crippen LogP contribution in [0.1, 0.15) is 19.8 Å². The molecular weight excluding hydrogens is 218 g/mol. The zero-order valence-corrected chi connectivity index (χ0v) is 9.87. The van der Waals surface area contributed by atoms with Crippen LogP contribution in [0, 0.1) is 23.7 Å². The average molecular weight is 235 g/mol. The average Bonchev–Trinajstić information content (AvgIpc) is 2.98. The van der Waals surface area contributed by atoms with E-state index in [1.165, 1.54) is 4.90 Å². The predicted molar refractivity (Wildman–Crippen MR) is 60.7 cm³/mol. The van der Waals surface area contributed by atoms with Crippen molar-refractivity contribution in [2.45, 2.75) is 25.8 Å². The summed E-state index contributed by atoms with van der Waals surface area (Å²) >= 11 is 0. The first-order valence-electron chi connectivity index (χ1n) is 6.35. The van der Waals surface area contributed by atoms with Gasteiger partial charge in [0.2, 0.25) is 11.8 Å². The van der Waals surface area contributed by atoms with Gasteiger partial charge in [0.05, 0.1) is 24.5 Å². The molecular formula is C13H17NO3. The zero-order valence-electron chi connectivity index (χ0n) is 9.87. The van der Waals surface area contributed by atoms with E-state index in [0.29, 0.717) is 6.42 Å². The molecule has 1 heterocycles. The van der Waals surface area contributed by atoms with Gasteiger partial charge in [0, 0.05) is 0 Å². The van der Waals surface area contributed by atoms with Crippen molar-refractivity contribution < 1.29 is 14.7 Å². The van der Waals surface area contributed by atoms with Crippen LogP contribution >= 0.6 is 0 Å². The molecule has 4 heteroatoms. The second-order valence-corrected chi connectivity index (χ2v) is 5.29. The first kappa shape index (κ1) is 11.0. The highest BCUT2D eigenvalue weighted by Gasteiger charge is 2.60. The third-order valence-electron chi connectivity index (χ3n) is 4.55. The summed E-state index contributed by atoms with van der Waals surface area (Å²) in [4.78, 5) is 25.9. The summed E-state index contributed by atoms with van der Waals surface area (Å²) < 4.78 is 0. The predicted octanol–water partition coefficient (Wildman–Crippen LogP) is 0.564. The molecule has 1 saturated heterocycles. The van der Waals surface area contributed by atoms with E-state index in [-0.39, 0.29) is 48.1 Å². The van der Waals surface area contributed by atoms with Crippen molar-refractivity contribution in [3.05, 3.63) is 12.2 Å². The number of carbonyl (C=O) groups excluding carboxylic acids is 2. The normalized spacial score (nSPS) is 40.2. The molecule has 0 aromatic carbocycles. The molecule has 0 aromatic heterocycles. The van der Waals surface area contributed by atoms with E-state index >= 15 is 0 Å². The van der Waals surface area contributed by atoms with Crippen LogP contribution in [0.2, 0.25) is 0 Å². The minimum Gasteiger partial charge on any atom is -0.394 e. The number of amides is 2. The molecule has 3 rings (SSSR count). The van der Waals surface area contributed by atoms with Gasteiger partial charge < -0.3 is 5.11 Å². The summed E-state index contributed by atoms with van der Waals surface area (Å²) in [5, 5.41) is 9.27. The van der Waals surface area contributed by atoms with Gasteiger partial charge in [0.25, 0.3) is 0 Å². The van der Waals surface area contributed by atoms with Crippen LogP contribution in [0.5, 0.6) is 0 Å². The molecule has 2 amide bonds. The number of fused-ring (bicyclic) bond motifs is 5. The number of aliphatic hydroxyl groups excluding tert-OH is 1. The number of rotatable bonds is 3. The lowest BCUT2D eigenvalue weighted by molar-refractivity contribution is -0.144. The summed E-state index contributed by atoms with van der Waals surface area (Å²) in [6, 6.07) is -0.333. The third kappa shape index (κ3) is 1.27. The summed E-state index contributed by atoms with van der Waals surface area (Å²) in [6.07, 6.45) is 5.74. The highest BCUT2D eigenvalue weighted by Crippen LogP contribution is 2.52. The second kappa shape index (κ2) is 3.67. The molecule has 0 radical (unpaired) electrons. The fourth-order valence-corrected chi connectivity index (χ4v) is 3.68. The lowest BCUT2D eigenvalue weighted by atomic mass is 9.85. The Bertz CT molecular complexity index is 369. The molecule has 0 spiro atoms. The maximum absolute atomic E-state index is 12.3. The number of hydrogen-bond donors (Lipinski definition) is 1. The Balaban J connectivity index is 1.92. The van der Waals surface area contributed by atoms with Crippen molar-refractivity contribution in [2.75, 3.05) is 6.61 Å². The summed E-state index contributed by atoms with van der Waals surface area (Å²) in [6.45, 7) is 1.76. The van der Waals surface area contributed by atoms with Crippen molar-refractivity contribution in [2.24, 2.45) is 23.7 Å². The summed E-state index contributed by atoms with van der Waals surface area (Å²) in [7, 11) is 0. The fourth-order valence-electron chi connectivity index (χ4n) is 3.68. The van der Waals surface area contributed by atoms with E-state index in [9.17, 15) is 14.7 Å². The first-order valence-corrected chi connectivity index (χ1v) is 6.35. The number of hydrogen-bond acceptors (Lipinski definition) is 3. The van der Waals surface area contributed by atoms with E-state index < -0.39 is 0 Å². The molecule has 5 atom stereocenters. The highest BCUT2D eigenvalue weighted by molar-refractivity contribution is 6.06.